The molecule has 2 N–H and O–H groups in total. The van der Waals surface area contributed by atoms with E-state index >= 15 is 0 Å². The Kier molecular flexibility index (Phi) is 9.14. The molecule has 1 aliphatic heterocycles. The Morgan fingerprint density at radius 1 is 0.906 bits per heavy atom. The van der Waals surface area contributed by atoms with Crippen molar-refractivity contribution < 1.29 is 29.3 Å². The molecule has 53 heavy (non-hydrogen) atoms. The molecule has 0 spiro atoms. The van der Waals surface area contributed by atoms with Crippen LogP contribution in [0.5, 0.6) is 0 Å². The molecule has 5 aliphatic carbocycles. The van der Waals surface area contributed by atoms with Gasteiger partial charge in [0.15, 0.2) is 5.78 Å². The molecule has 0 bridgehead atoms. The third-order valence-corrected chi connectivity index (χ3v) is 17.6. The summed E-state index contributed by atoms with van der Waals surface area (Å²) in [6, 6.07) is 8.60. The first-order chi connectivity index (χ1) is 24.6. The number of benzene rings is 1. The van der Waals surface area contributed by atoms with E-state index in [1.807, 2.05) is 0 Å². The van der Waals surface area contributed by atoms with Gasteiger partial charge in [0.2, 0.25) is 0 Å². The van der Waals surface area contributed by atoms with Gasteiger partial charge < -0.3 is 14.9 Å². The zero-order valence-electron chi connectivity index (χ0n) is 34.4. The Labute approximate surface area is 318 Å². The number of rotatable bonds is 8. The minimum absolute atomic E-state index is 0.0325. The molecule has 292 valence electrons. The van der Waals surface area contributed by atoms with Crippen LogP contribution < -0.4 is 0 Å². The molecule has 4 saturated carbocycles. The fourth-order valence-electron chi connectivity index (χ4n) is 14.4. The van der Waals surface area contributed by atoms with E-state index in [-0.39, 0.29) is 51.3 Å². The van der Waals surface area contributed by atoms with Crippen molar-refractivity contribution in [3.05, 3.63) is 46.5 Å². The van der Waals surface area contributed by atoms with Gasteiger partial charge in [-0.05, 0) is 127 Å². The van der Waals surface area contributed by atoms with E-state index in [0.29, 0.717) is 24.8 Å². The predicted molar refractivity (Wildman–Crippen MR) is 207 cm³/mol. The number of esters is 1. The number of carbonyl (C=O) groups excluding carboxylic acids is 2. The molecule has 7 nitrogen and oxygen atoms in total. The number of aliphatic carboxylic acids is 1. The Bertz CT molecular complexity index is 1700. The van der Waals surface area contributed by atoms with E-state index in [4.69, 9.17) is 4.74 Å². The maximum absolute atomic E-state index is 14.3. The van der Waals surface area contributed by atoms with Crippen molar-refractivity contribution in [3.63, 3.8) is 0 Å². The SMILES string of the molecule is CC(C)C1=C2[C@@]([C@H](O)CN3Cc4ccccc4C3)(CC[C@]3(C)[C@]2(C)CCC2[C@@]4(C)CC[C@H](OC(=O)CC(C)(C)C(=O)O)C(C)(C)C4CC[C@]23C)CC1=O. The molecule has 0 amide bonds. The first-order valence-corrected chi connectivity index (χ1v) is 20.8. The zero-order chi connectivity index (χ0) is 38.7. The number of aliphatic hydroxyl groups excluding tert-OH is 1. The molecule has 1 aromatic rings. The number of fused-ring (bicyclic) bond motifs is 8. The molecule has 1 heterocycles. The van der Waals surface area contributed by atoms with Gasteiger partial charge in [-0.3, -0.25) is 19.3 Å². The van der Waals surface area contributed by atoms with Gasteiger partial charge in [-0.2, -0.15) is 0 Å². The molecule has 0 radical (unpaired) electrons. The van der Waals surface area contributed by atoms with Gasteiger partial charge in [0, 0.05) is 36.9 Å². The summed E-state index contributed by atoms with van der Waals surface area (Å²) in [6.07, 6.45) is 7.29. The maximum atomic E-state index is 14.3. The van der Waals surface area contributed by atoms with E-state index in [1.54, 1.807) is 13.8 Å². The summed E-state index contributed by atoms with van der Waals surface area (Å²) in [5.41, 5.74) is 2.91. The second kappa shape index (κ2) is 12.5. The number of allylic oxidation sites excluding steroid dienone is 1. The number of aliphatic hydroxyl groups is 1. The number of carboxylic acid groups (broad SMARTS) is 1. The van der Waals surface area contributed by atoms with Gasteiger partial charge in [0.25, 0.3) is 0 Å². The lowest BCUT2D eigenvalue weighted by molar-refractivity contribution is -0.252. The van der Waals surface area contributed by atoms with Crippen LogP contribution in [0.4, 0.5) is 0 Å². The largest absolute Gasteiger partial charge is 0.481 e. The second-order valence-electron chi connectivity index (χ2n) is 21.1. The fraction of sp³-hybridized carbons (Fsp3) is 0.761. The highest BCUT2D eigenvalue weighted by molar-refractivity contribution is 6.01. The van der Waals surface area contributed by atoms with Crippen molar-refractivity contribution in [1.82, 2.24) is 4.90 Å². The van der Waals surface area contributed by atoms with E-state index in [1.165, 1.54) is 16.7 Å². The van der Waals surface area contributed by atoms with Gasteiger partial charge >= 0.3 is 11.9 Å². The van der Waals surface area contributed by atoms with Crippen LogP contribution in [0.2, 0.25) is 0 Å². The van der Waals surface area contributed by atoms with Crippen LogP contribution in [0.3, 0.4) is 0 Å². The highest BCUT2D eigenvalue weighted by atomic mass is 16.5. The lowest BCUT2D eigenvalue weighted by Crippen LogP contribution is -2.69. The number of carbonyl (C=O) groups is 3. The van der Waals surface area contributed by atoms with Crippen molar-refractivity contribution in [2.24, 2.45) is 55.7 Å². The van der Waals surface area contributed by atoms with Crippen molar-refractivity contribution in [2.75, 3.05) is 6.54 Å². The molecule has 7 heteroatoms. The van der Waals surface area contributed by atoms with E-state index in [9.17, 15) is 24.6 Å². The molecular formula is C46H67NO6. The Hall–Kier alpha value is -2.51. The first-order valence-electron chi connectivity index (χ1n) is 20.8. The number of Topliss-reactive ketones (excluding diaryl/α,β-unsaturated/α-hetero) is 1. The summed E-state index contributed by atoms with van der Waals surface area (Å²) in [6.45, 7) is 24.6. The molecule has 2 unspecified atom stereocenters. The Balaban J connectivity index is 1.19. The Morgan fingerprint density at radius 3 is 2.13 bits per heavy atom. The zero-order valence-corrected chi connectivity index (χ0v) is 34.4. The number of ketones is 1. The lowest BCUT2D eigenvalue weighted by atomic mass is 9.29. The minimum Gasteiger partial charge on any atom is -0.481 e. The normalized spacial score (nSPS) is 39.8. The van der Waals surface area contributed by atoms with Gasteiger partial charge in [-0.1, -0.05) is 79.7 Å². The summed E-state index contributed by atoms with van der Waals surface area (Å²) in [5.74, 6) is -0.182. The van der Waals surface area contributed by atoms with Crippen molar-refractivity contribution in [1.29, 1.82) is 0 Å². The van der Waals surface area contributed by atoms with Gasteiger partial charge in [0.05, 0.1) is 17.9 Å². The van der Waals surface area contributed by atoms with Crippen LogP contribution in [0.15, 0.2) is 35.4 Å². The van der Waals surface area contributed by atoms with Crippen LogP contribution in [-0.4, -0.2) is 51.6 Å². The molecular weight excluding hydrogens is 663 g/mol. The average molecular weight is 730 g/mol. The number of nitrogens with zero attached hydrogens (tertiary/aromatic N) is 1. The predicted octanol–water partition coefficient (Wildman–Crippen LogP) is 9.15. The van der Waals surface area contributed by atoms with Gasteiger partial charge in [0.1, 0.15) is 6.10 Å². The van der Waals surface area contributed by atoms with Crippen LogP contribution >= 0.6 is 0 Å². The minimum atomic E-state index is -1.16. The highest BCUT2D eigenvalue weighted by Gasteiger charge is 2.74. The van der Waals surface area contributed by atoms with Crippen LogP contribution in [0.1, 0.15) is 145 Å². The van der Waals surface area contributed by atoms with E-state index < -0.39 is 28.9 Å². The van der Waals surface area contributed by atoms with Crippen molar-refractivity contribution in [2.45, 2.75) is 159 Å². The third-order valence-electron chi connectivity index (χ3n) is 17.6. The summed E-state index contributed by atoms with van der Waals surface area (Å²) < 4.78 is 6.19. The number of carboxylic acids is 1. The van der Waals surface area contributed by atoms with Crippen molar-refractivity contribution >= 4 is 17.7 Å². The third kappa shape index (κ3) is 5.42. The van der Waals surface area contributed by atoms with Crippen LogP contribution in [-0.2, 0) is 32.2 Å². The number of β-amino-alcohol motifs (C(OH)–C–C–N with tert-alkyl or cyclic N) is 1. The summed E-state index contributed by atoms with van der Waals surface area (Å²) in [5, 5.41) is 22.1. The van der Waals surface area contributed by atoms with E-state index in [0.717, 1.165) is 70.0 Å². The molecule has 7 rings (SSSR count). The standard InChI is InChI=1S/C46H67NO6/c1-28(2)37-31(48)23-46(34(49)27-47-25-29-13-11-12-14-30(29)26-47)22-21-45(10)43(8)19-15-32-41(5,6)35(53-36(50)24-40(3,4)39(51)52)17-18-42(32,7)33(43)16-20-44(45,9)38(37)46/h11-14,28,32-35,49H,15-27H2,1-10H3,(H,51,52)/t32?,33?,34-,35+,42+,43-,44-,45+,46+/m1/s1. The quantitative estimate of drug-likeness (QED) is 0.257. The van der Waals surface area contributed by atoms with E-state index in [2.05, 4.69) is 84.6 Å². The fourth-order valence-corrected chi connectivity index (χ4v) is 14.4. The topological polar surface area (TPSA) is 104 Å². The summed E-state index contributed by atoms with van der Waals surface area (Å²) >= 11 is 0. The maximum Gasteiger partial charge on any atom is 0.309 e. The van der Waals surface area contributed by atoms with Gasteiger partial charge in [-0.15, -0.1) is 0 Å². The molecule has 9 atom stereocenters. The smallest absolute Gasteiger partial charge is 0.309 e. The molecule has 0 saturated heterocycles. The second-order valence-corrected chi connectivity index (χ2v) is 21.1. The van der Waals surface area contributed by atoms with Crippen molar-refractivity contribution in [3.8, 4) is 0 Å². The summed E-state index contributed by atoms with van der Waals surface area (Å²) in [7, 11) is 0. The lowest BCUT2D eigenvalue weighted by Gasteiger charge is -2.75. The molecule has 0 aromatic heterocycles. The number of hydrogen-bond donors (Lipinski definition) is 2. The Morgan fingerprint density at radius 2 is 1.53 bits per heavy atom. The summed E-state index contributed by atoms with van der Waals surface area (Å²) in [4.78, 5) is 41.6. The molecule has 6 aliphatic rings. The van der Waals surface area contributed by atoms with Crippen LogP contribution in [0, 0.1) is 55.7 Å². The molecule has 1 aromatic carbocycles. The number of ether oxygens (including phenoxy) is 1. The van der Waals surface area contributed by atoms with Crippen LogP contribution in [0.25, 0.3) is 0 Å². The average Bonchev–Trinajstić information content (AvgIpc) is 3.62. The van der Waals surface area contributed by atoms with Gasteiger partial charge in [-0.25, -0.2) is 0 Å². The highest BCUT2D eigenvalue weighted by Crippen LogP contribution is 2.80. The monoisotopic (exact) mass is 729 g/mol. The first kappa shape index (κ1) is 38.8. The molecule has 4 fully saturated rings. The number of hydrogen-bond acceptors (Lipinski definition) is 6.